The number of hydrogen-bond donors (Lipinski definition) is 1. The minimum atomic E-state index is 0.167. The Kier molecular flexibility index (Phi) is 5.15. The van der Waals surface area contributed by atoms with Crippen LogP contribution >= 0.6 is 15.9 Å². The van der Waals surface area contributed by atoms with Gasteiger partial charge >= 0.3 is 0 Å². The number of halogens is 1. The Bertz CT molecular complexity index is 276. The molecule has 0 saturated carbocycles. The molecule has 0 aliphatic heterocycles. The summed E-state index contributed by atoms with van der Waals surface area (Å²) in [5, 5.41) is 9.10. The number of aliphatic hydroxyl groups excluding tert-OH is 1. The molecule has 0 radical (unpaired) electrons. The maximum absolute atomic E-state index is 9.10. The largest absolute Gasteiger partial charge is 0.396 e. The fraction of sp³-hybridized carbons (Fsp3) is 0.455. The van der Waals surface area contributed by atoms with Gasteiger partial charge in [0.05, 0.1) is 6.61 Å². The lowest BCUT2D eigenvalue weighted by Gasteiger charge is -2.12. The molecule has 0 amide bonds. The Morgan fingerprint density at radius 1 is 1.50 bits per heavy atom. The van der Waals surface area contributed by atoms with Crippen LogP contribution in [0, 0.1) is 5.92 Å². The fourth-order valence-electron chi connectivity index (χ4n) is 1.41. The third kappa shape index (κ3) is 3.78. The van der Waals surface area contributed by atoms with Crippen LogP contribution < -0.4 is 0 Å². The lowest BCUT2D eigenvalue weighted by atomic mass is 10.0. The SMILES string of the molecule is COCC(CO)Cc1cccc(Br)c1. The van der Waals surface area contributed by atoms with E-state index in [0.717, 1.165) is 10.9 Å². The highest BCUT2D eigenvalue weighted by Gasteiger charge is 2.07. The zero-order valence-corrected chi connectivity index (χ0v) is 9.83. The van der Waals surface area contributed by atoms with Crippen molar-refractivity contribution in [2.45, 2.75) is 6.42 Å². The number of benzene rings is 1. The first kappa shape index (κ1) is 11.7. The summed E-state index contributed by atoms with van der Waals surface area (Å²) in [6.07, 6.45) is 0.851. The molecule has 78 valence electrons. The van der Waals surface area contributed by atoms with Crippen LogP contribution in [0.3, 0.4) is 0 Å². The van der Waals surface area contributed by atoms with Crippen LogP contribution in [0.15, 0.2) is 28.7 Å². The van der Waals surface area contributed by atoms with Crippen LogP contribution in [0.1, 0.15) is 5.56 Å². The van der Waals surface area contributed by atoms with Gasteiger partial charge in [0, 0.05) is 24.1 Å². The molecule has 0 heterocycles. The molecule has 0 aliphatic carbocycles. The van der Waals surface area contributed by atoms with Gasteiger partial charge in [-0.15, -0.1) is 0 Å². The Morgan fingerprint density at radius 2 is 2.29 bits per heavy atom. The summed E-state index contributed by atoms with van der Waals surface area (Å²) in [6, 6.07) is 8.12. The highest BCUT2D eigenvalue weighted by atomic mass is 79.9. The maximum atomic E-state index is 9.10. The van der Waals surface area contributed by atoms with Gasteiger partial charge in [0.25, 0.3) is 0 Å². The van der Waals surface area contributed by atoms with Gasteiger partial charge in [-0.05, 0) is 24.1 Å². The van der Waals surface area contributed by atoms with Crippen molar-refractivity contribution in [3.63, 3.8) is 0 Å². The van der Waals surface area contributed by atoms with E-state index in [-0.39, 0.29) is 12.5 Å². The topological polar surface area (TPSA) is 29.5 Å². The predicted molar refractivity (Wildman–Crippen MR) is 60.3 cm³/mol. The summed E-state index contributed by atoms with van der Waals surface area (Å²) < 4.78 is 6.10. The van der Waals surface area contributed by atoms with E-state index in [0.29, 0.717) is 6.61 Å². The summed E-state index contributed by atoms with van der Waals surface area (Å²) in [4.78, 5) is 0. The van der Waals surface area contributed by atoms with Crippen molar-refractivity contribution in [3.05, 3.63) is 34.3 Å². The van der Waals surface area contributed by atoms with Crippen LogP contribution in [0.4, 0.5) is 0 Å². The maximum Gasteiger partial charge on any atom is 0.0515 e. The zero-order valence-electron chi connectivity index (χ0n) is 8.24. The van der Waals surface area contributed by atoms with Crippen molar-refractivity contribution in [3.8, 4) is 0 Å². The van der Waals surface area contributed by atoms with E-state index in [4.69, 9.17) is 9.84 Å². The average Bonchev–Trinajstić information content (AvgIpc) is 2.17. The van der Waals surface area contributed by atoms with Crippen molar-refractivity contribution in [2.75, 3.05) is 20.3 Å². The smallest absolute Gasteiger partial charge is 0.0515 e. The van der Waals surface area contributed by atoms with Gasteiger partial charge in [0.2, 0.25) is 0 Å². The second-order valence-corrected chi connectivity index (χ2v) is 4.25. The second-order valence-electron chi connectivity index (χ2n) is 3.34. The molecule has 1 N–H and O–H groups in total. The minimum Gasteiger partial charge on any atom is -0.396 e. The molecule has 3 heteroatoms. The first-order valence-electron chi connectivity index (χ1n) is 4.60. The highest BCUT2D eigenvalue weighted by Crippen LogP contribution is 2.15. The highest BCUT2D eigenvalue weighted by molar-refractivity contribution is 9.10. The molecule has 1 aromatic rings. The number of rotatable bonds is 5. The van der Waals surface area contributed by atoms with E-state index >= 15 is 0 Å². The van der Waals surface area contributed by atoms with Gasteiger partial charge in [-0.25, -0.2) is 0 Å². The van der Waals surface area contributed by atoms with Gasteiger partial charge in [0.15, 0.2) is 0 Å². The molecule has 0 fully saturated rings. The van der Waals surface area contributed by atoms with Crippen LogP contribution in [0.2, 0.25) is 0 Å². The van der Waals surface area contributed by atoms with E-state index in [1.807, 2.05) is 12.1 Å². The predicted octanol–water partition coefficient (Wildman–Crippen LogP) is 2.25. The van der Waals surface area contributed by atoms with Crippen molar-refractivity contribution >= 4 is 15.9 Å². The average molecular weight is 259 g/mol. The van der Waals surface area contributed by atoms with Crippen molar-refractivity contribution in [2.24, 2.45) is 5.92 Å². The zero-order chi connectivity index (χ0) is 10.4. The molecule has 1 rings (SSSR count). The number of methoxy groups -OCH3 is 1. The number of aliphatic hydroxyl groups is 1. The van der Waals surface area contributed by atoms with E-state index in [1.165, 1.54) is 5.56 Å². The quantitative estimate of drug-likeness (QED) is 0.878. The number of hydrogen-bond acceptors (Lipinski definition) is 2. The van der Waals surface area contributed by atoms with E-state index in [1.54, 1.807) is 7.11 Å². The van der Waals surface area contributed by atoms with Crippen LogP contribution in [-0.4, -0.2) is 25.4 Å². The summed E-state index contributed by atoms with van der Waals surface area (Å²) in [7, 11) is 1.66. The van der Waals surface area contributed by atoms with E-state index in [2.05, 4.69) is 28.1 Å². The van der Waals surface area contributed by atoms with Gasteiger partial charge < -0.3 is 9.84 Å². The molecule has 0 spiro atoms. The molecular formula is C11H15BrO2. The minimum absolute atomic E-state index is 0.167. The first-order chi connectivity index (χ1) is 6.76. The first-order valence-corrected chi connectivity index (χ1v) is 5.39. The van der Waals surface area contributed by atoms with Crippen LogP contribution in [0.5, 0.6) is 0 Å². The Hall–Kier alpha value is -0.380. The third-order valence-corrected chi connectivity index (χ3v) is 2.57. The normalized spacial score (nSPS) is 12.8. The molecule has 0 aliphatic rings. The van der Waals surface area contributed by atoms with E-state index < -0.39 is 0 Å². The van der Waals surface area contributed by atoms with Gasteiger partial charge in [-0.3, -0.25) is 0 Å². The molecule has 0 bridgehead atoms. The Labute approximate surface area is 93.0 Å². The standard InChI is InChI=1S/C11H15BrO2/c1-14-8-10(7-13)5-9-3-2-4-11(12)6-9/h2-4,6,10,13H,5,7-8H2,1H3. The molecule has 1 unspecified atom stereocenters. The van der Waals surface area contributed by atoms with Crippen LogP contribution in [-0.2, 0) is 11.2 Å². The van der Waals surface area contributed by atoms with Crippen molar-refractivity contribution in [1.29, 1.82) is 0 Å². The van der Waals surface area contributed by atoms with Crippen LogP contribution in [0.25, 0.3) is 0 Å². The van der Waals surface area contributed by atoms with Gasteiger partial charge in [0.1, 0.15) is 0 Å². The van der Waals surface area contributed by atoms with Crippen molar-refractivity contribution < 1.29 is 9.84 Å². The molecule has 0 saturated heterocycles. The third-order valence-electron chi connectivity index (χ3n) is 2.07. The summed E-state index contributed by atoms with van der Waals surface area (Å²) in [6.45, 7) is 0.767. The molecule has 2 nitrogen and oxygen atoms in total. The molecule has 14 heavy (non-hydrogen) atoms. The Morgan fingerprint density at radius 3 is 2.86 bits per heavy atom. The van der Waals surface area contributed by atoms with Gasteiger partial charge in [-0.1, -0.05) is 28.1 Å². The fourth-order valence-corrected chi connectivity index (χ4v) is 1.86. The van der Waals surface area contributed by atoms with Crippen molar-refractivity contribution in [1.82, 2.24) is 0 Å². The monoisotopic (exact) mass is 258 g/mol. The molecule has 1 aromatic carbocycles. The van der Waals surface area contributed by atoms with E-state index in [9.17, 15) is 0 Å². The Balaban J connectivity index is 2.57. The molecule has 1 atom stereocenters. The molecule has 0 aromatic heterocycles. The molecular weight excluding hydrogens is 244 g/mol. The number of ether oxygens (including phenoxy) is 1. The summed E-state index contributed by atoms with van der Waals surface area (Å²) in [5.74, 6) is 0.189. The second kappa shape index (κ2) is 6.17. The lowest BCUT2D eigenvalue weighted by molar-refractivity contribution is 0.110. The summed E-state index contributed by atoms with van der Waals surface area (Å²) in [5.41, 5.74) is 1.22. The summed E-state index contributed by atoms with van der Waals surface area (Å²) >= 11 is 3.42. The lowest BCUT2D eigenvalue weighted by Crippen LogP contribution is -2.15. The van der Waals surface area contributed by atoms with Gasteiger partial charge in [-0.2, -0.15) is 0 Å².